The molecule has 1 heterocycles. The van der Waals surface area contributed by atoms with E-state index in [1.165, 1.54) is 12.0 Å². The topological polar surface area (TPSA) is 43.8 Å². The monoisotopic (exact) mass is 276 g/mol. The fourth-order valence-corrected chi connectivity index (χ4v) is 2.87. The van der Waals surface area contributed by atoms with E-state index < -0.39 is 5.97 Å². The first-order valence-electron chi connectivity index (χ1n) is 7.30. The second-order valence-electron chi connectivity index (χ2n) is 5.73. The summed E-state index contributed by atoms with van der Waals surface area (Å²) in [6, 6.07) is 8.80. The zero-order valence-electron chi connectivity index (χ0n) is 12.4. The predicted octanol–water partition coefficient (Wildman–Crippen LogP) is 2.37. The molecule has 4 nitrogen and oxygen atoms in total. The van der Waals surface area contributed by atoms with Crippen LogP contribution in [-0.2, 0) is 4.79 Å². The lowest BCUT2D eigenvalue weighted by Gasteiger charge is -2.39. The number of hydrogen-bond acceptors (Lipinski definition) is 3. The van der Waals surface area contributed by atoms with Gasteiger partial charge in [0.25, 0.3) is 0 Å². The summed E-state index contributed by atoms with van der Waals surface area (Å²) in [5.41, 5.74) is 2.37. The largest absolute Gasteiger partial charge is 0.481 e. The summed E-state index contributed by atoms with van der Waals surface area (Å²) in [7, 11) is 2.14. The number of nitrogens with zero attached hydrogens (tertiary/aromatic N) is 2. The minimum absolute atomic E-state index is 0.189. The number of benzene rings is 1. The number of likely N-dealkylation sites (tertiary alicyclic amines) is 1. The van der Waals surface area contributed by atoms with Gasteiger partial charge in [0.2, 0.25) is 0 Å². The second-order valence-corrected chi connectivity index (χ2v) is 5.73. The SMILES string of the molecule is Cc1ccc(N(CCC(=O)O)C2CCCN(C)C2)cc1. The normalized spacial score (nSPS) is 19.8. The molecule has 1 saturated heterocycles. The van der Waals surface area contributed by atoms with Gasteiger partial charge in [-0.1, -0.05) is 17.7 Å². The molecule has 1 N–H and O–H groups in total. The summed E-state index contributed by atoms with van der Waals surface area (Å²) < 4.78 is 0. The molecule has 0 radical (unpaired) electrons. The molecule has 110 valence electrons. The highest BCUT2D eigenvalue weighted by molar-refractivity contribution is 5.67. The van der Waals surface area contributed by atoms with Gasteiger partial charge in [-0.15, -0.1) is 0 Å². The van der Waals surface area contributed by atoms with Crippen LogP contribution in [-0.4, -0.2) is 48.7 Å². The third-order valence-electron chi connectivity index (χ3n) is 3.97. The van der Waals surface area contributed by atoms with E-state index in [1.807, 2.05) is 0 Å². The summed E-state index contributed by atoms with van der Waals surface area (Å²) in [6.45, 7) is 4.79. The number of carbonyl (C=O) groups is 1. The zero-order valence-corrected chi connectivity index (χ0v) is 12.4. The van der Waals surface area contributed by atoms with Crippen molar-refractivity contribution in [1.82, 2.24) is 4.90 Å². The van der Waals surface area contributed by atoms with Crippen LogP contribution in [0.1, 0.15) is 24.8 Å². The number of carboxylic acids is 1. The van der Waals surface area contributed by atoms with Crippen LogP contribution in [0, 0.1) is 6.92 Å². The molecule has 2 rings (SSSR count). The molecule has 1 aromatic carbocycles. The summed E-state index contributed by atoms with van der Waals surface area (Å²) in [4.78, 5) is 15.5. The van der Waals surface area contributed by atoms with Crippen LogP contribution in [0.5, 0.6) is 0 Å². The second kappa shape index (κ2) is 6.75. The minimum Gasteiger partial charge on any atom is -0.481 e. The Morgan fingerprint density at radius 2 is 2.10 bits per heavy atom. The van der Waals surface area contributed by atoms with E-state index in [0.29, 0.717) is 12.6 Å². The van der Waals surface area contributed by atoms with Gasteiger partial charge in [0, 0.05) is 24.8 Å². The smallest absolute Gasteiger partial charge is 0.305 e. The molecule has 1 unspecified atom stereocenters. The Morgan fingerprint density at radius 1 is 1.40 bits per heavy atom. The van der Waals surface area contributed by atoms with Gasteiger partial charge < -0.3 is 14.9 Å². The van der Waals surface area contributed by atoms with Gasteiger partial charge in [0.05, 0.1) is 6.42 Å². The number of aliphatic carboxylic acids is 1. The number of piperidine rings is 1. The molecule has 0 saturated carbocycles. The van der Waals surface area contributed by atoms with Gasteiger partial charge >= 0.3 is 5.97 Å². The molecule has 4 heteroatoms. The summed E-state index contributed by atoms with van der Waals surface area (Å²) in [6.07, 6.45) is 2.50. The Hall–Kier alpha value is -1.55. The molecule has 0 bridgehead atoms. The van der Waals surface area contributed by atoms with Crippen LogP contribution in [0.4, 0.5) is 5.69 Å². The molecule has 1 aliphatic heterocycles. The predicted molar refractivity (Wildman–Crippen MR) is 81.3 cm³/mol. The first-order valence-corrected chi connectivity index (χ1v) is 7.30. The van der Waals surface area contributed by atoms with Crippen molar-refractivity contribution < 1.29 is 9.90 Å². The van der Waals surface area contributed by atoms with Crippen molar-refractivity contribution >= 4 is 11.7 Å². The van der Waals surface area contributed by atoms with Gasteiger partial charge in [-0.3, -0.25) is 4.79 Å². The molecule has 20 heavy (non-hydrogen) atoms. The van der Waals surface area contributed by atoms with E-state index in [1.54, 1.807) is 0 Å². The zero-order chi connectivity index (χ0) is 14.5. The lowest BCUT2D eigenvalue weighted by atomic mass is 10.0. The average molecular weight is 276 g/mol. The molecule has 1 aliphatic rings. The number of anilines is 1. The first kappa shape index (κ1) is 14.9. The van der Waals surface area contributed by atoms with Crippen molar-refractivity contribution in [3.05, 3.63) is 29.8 Å². The van der Waals surface area contributed by atoms with Gasteiger partial charge in [0.1, 0.15) is 0 Å². The fraction of sp³-hybridized carbons (Fsp3) is 0.562. The van der Waals surface area contributed by atoms with Crippen LogP contribution in [0.3, 0.4) is 0 Å². The van der Waals surface area contributed by atoms with Crippen molar-refractivity contribution in [2.75, 3.05) is 31.6 Å². The highest BCUT2D eigenvalue weighted by Gasteiger charge is 2.24. The fourth-order valence-electron chi connectivity index (χ4n) is 2.87. The van der Waals surface area contributed by atoms with E-state index in [0.717, 1.165) is 25.2 Å². The van der Waals surface area contributed by atoms with E-state index >= 15 is 0 Å². The van der Waals surface area contributed by atoms with Gasteiger partial charge in [-0.2, -0.15) is 0 Å². The number of likely N-dealkylation sites (N-methyl/N-ethyl adjacent to an activating group) is 1. The Balaban J connectivity index is 2.14. The molecular formula is C16H24N2O2. The van der Waals surface area contributed by atoms with E-state index in [4.69, 9.17) is 5.11 Å². The van der Waals surface area contributed by atoms with Crippen LogP contribution in [0.25, 0.3) is 0 Å². The van der Waals surface area contributed by atoms with Crippen LogP contribution in [0.2, 0.25) is 0 Å². The maximum Gasteiger partial charge on any atom is 0.305 e. The Morgan fingerprint density at radius 3 is 2.70 bits per heavy atom. The summed E-state index contributed by atoms with van der Waals surface area (Å²) in [5, 5.41) is 8.97. The Labute approximate surface area is 121 Å². The van der Waals surface area contributed by atoms with Crippen molar-refractivity contribution in [2.24, 2.45) is 0 Å². The molecule has 0 aliphatic carbocycles. The Kier molecular flexibility index (Phi) is 5.01. The van der Waals surface area contributed by atoms with Crippen LogP contribution >= 0.6 is 0 Å². The van der Waals surface area contributed by atoms with E-state index in [2.05, 4.69) is 48.0 Å². The number of aryl methyl sites for hydroxylation is 1. The van der Waals surface area contributed by atoms with Crippen LogP contribution in [0.15, 0.2) is 24.3 Å². The lowest BCUT2D eigenvalue weighted by molar-refractivity contribution is -0.136. The number of hydrogen-bond donors (Lipinski definition) is 1. The maximum atomic E-state index is 10.9. The van der Waals surface area contributed by atoms with Gasteiger partial charge in [-0.25, -0.2) is 0 Å². The van der Waals surface area contributed by atoms with E-state index in [-0.39, 0.29) is 6.42 Å². The lowest BCUT2D eigenvalue weighted by Crippen LogP contribution is -2.47. The highest BCUT2D eigenvalue weighted by Crippen LogP contribution is 2.23. The average Bonchev–Trinajstić information content (AvgIpc) is 2.41. The number of rotatable bonds is 5. The van der Waals surface area contributed by atoms with Crippen LogP contribution < -0.4 is 4.90 Å². The standard InChI is InChI=1S/C16H24N2O2/c1-13-5-7-14(8-6-13)18(11-9-16(19)20)15-4-3-10-17(2)12-15/h5-8,15H,3-4,9-12H2,1-2H3,(H,19,20). The molecule has 1 atom stereocenters. The molecule has 1 aromatic rings. The maximum absolute atomic E-state index is 10.9. The third kappa shape index (κ3) is 3.97. The first-order chi connectivity index (χ1) is 9.56. The molecular weight excluding hydrogens is 252 g/mol. The molecule has 0 amide bonds. The van der Waals surface area contributed by atoms with E-state index in [9.17, 15) is 4.79 Å². The molecule has 0 spiro atoms. The molecule has 0 aromatic heterocycles. The Bertz CT molecular complexity index is 444. The summed E-state index contributed by atoms with van der Waals surface area (Å²) in [5.74, 6) is -0.730. The highest BCUT2D eigenvalue weighted by atomic mass is 16.4. The van der Waals surface area contributed by atoms with Gasteiger partial charge in [-0.05, 0) is 45.5 Å². The van der Waals surface area contributed by atoms with Gasteiger partial charge in [0.15, 0.2) is 0 Å². The minimum atomic E-state index is -0.730. The number of carboxylic acid groups (broad SMARTS) is 1. The third-order valence-corrected chi connectivity index (χ3v) is 3.97. The van der Waals surface area contributed by atoms with Crippen molar-refractivity contribution in [3.63, 3.8) is 0 Å². The molecule has 1 fully saturated rings. The van der Waals surface area contributed by atoms with Crippen molar-refractivity contribution in [2.45, 2.75) is 32.2 Å². The quantitative estimate of drug-likeness (QED) is 0.896. The summed E-state index contributed by atoms with van der Waals surface area (Å²) >= 11 is 0. The van der Waals surface area contributed by atoms with Crippen molar-refractivity contribution in [1.29, 1.82) is 0 Å². The van der Waals surface area contributed by atoms with Crippen molar-refractivity contribution in [3.8, 4) is 0 Å².